The summed E-state index contributed by atoms with van der Waals surface area (Å²) in [6, 6.07) is 0. The maximum atomic E-state index is 12.4. The van der Waals surface area contributed by atoms with Crippen LogP contribution in [0.4, 0.5) is 0 Å². The molecule has 0 heterocycles. The van der Waals surface area contributed by atoms with Gasteiger partial charge in [-0.25, -0.2) is 4.57 Å². The molecule has 0 fully saturated rings. The van der Waals surface area contributed by atoms with E-state index in [0.29, 0.717) is 6.61 Å². The Morgan fingerprint density at radius 3 is 1.86 bits per heavy atom. The largest absolute Gasteiger partial charge is 0.472 e. The van der Waals surface area contributed by atoms with E-state index in [1.807, 2.05) is 0 Å². The van der Waals surface area contributed by atoms with E-state index in [1.165, 1.54) is 64.2 Å². The maximum absolute atomic E-state index is 12.4. The third-order valence-electron chi connectivity index (χ3n) is 6.95. The van der Waals surface area contributed by atoms with Crippen LogP contribution in [0.5, 0.6) is 0 Å². The predicted molar refractivity (Wildman–Crippen MR) is 168 cm³/mol. The van der Waals surface area contributed by atoms with Crippen molar-refractivity contribution in [2.75, 3.05) is 33.0 Å². The van der Waals surface area contributed by atoms with Gasteiger partial charge in [0.2, 0.25) is 0 Å². The number of carbonyl (C=O) groups excluding carboxylic acids is 1. The molecule has 0 aliphatic carbocycles. The molecule has 0 saturated heterocycles. The quantitative estimate of drug-likeness (QED) is 0.0297. The Kier molecular flexibility index (Phi) is 29.7. The lowest BCUT2D eigenvalue weighted by molar-refractivity contribution is -0.154. The highest BCUT2D eigenvalue weighted by molar-refractivity contribution is 7.47. The van der Waals surface area contributed by atoms with Crippen molar-refractivity contribution in [3.8, 4) is 0 Å². The molecule has 3 unspecified atom stereocenters. The number of ether oxygens (including phenoxy) is 2. The summed E-state index contributed by atoms with van der Waals surface area (Å²) in [5, 5.41) is 18.2. The molecule has 42 heavy (non-hydrogen) atoms. The summed E-state index contributed by atoms with van der Waals surface area (Å²) in [6.07, 6.45) is 24.6. The highest BCUT2D eigenvalue weighted by Gasteiger charge is 2.26. The lowest BCUT2D eigenvalue weighted by Crippen LogP contribution is -2.29. The highest BCUT2D eigenvalue weighted by atomic mass is 31.2. The van der Waals surface area contributed by atoms with Gasteiger partial charge in [0.25, 0.3) is 0 Å². The average Bonchev–Trinajstić information content (AvgIpc) is 2.97. The van der Waals surface area contributed by atoms with E-state index in [-0.39, 0.29) is 19.6 Å². The molecule has 0 radical (unpaired) electrons. The summed E-state index contributed by atoms with van der Waals surface area (Å²) < 4.78 is 33.0. The number of aliphatic hydroxyl groups is 2. The molecule has 0 aliphatic rings. The van der Waals surface area contributed by atoms with E-state index >= 15 is 0 Å². The van der Waals surface area contributed by atoms with E-state index in [4.69, 9.17) is 23.6 Å². The van der Waals surface area contributed by atoms with Crippen LogP contribution in [-0.4, -0.2) is 66.3 Å². The molecular formula is C32H63O9P. The number of carbonyl (C=O) groups is 1. The van der Waals surface area contributed by atoms with Gasteiger partial charge >= 0.3 is 13.8 Å². The zero-order valence-corrected chi connectivity index (χ0v) is 27.6. The van der Waals surface area contributed by atoms with Crippen molar-refractivity contribution < 1.29 is 43.0 Å². The molecular weight excluding hydrogens is 559 g/mol. The lowest BCUT2D eigenvalue weighted by atomic mass is 10.1. The molecule has 0 amide bonds. The van der Waals surface area contributed by atoms with Crippen LogP contribution in [-0.2, 0) is 27.9 Å². The van der Waals surface area contributed by atoms with Crippen molar-refractivity contribution in [3.05, 3.63) is 12.2 Å². The van der Waals surface area contributed by atoms with Gasteiger partial charge in [0.1, 0.15) is 12.2 Å². The number of aliphatic hydroxyl groups excluding tert-OH is 2. The Bertz CT molecular complexity index is 674. The van der Waals surface area contributed by atoms with Crippen molar-refractivity contribution in [2.45, 2.75) is 154 Å². The number of unbranched alkanes of at least 4 members (excludes halogenated alkanes) is 16. The molecule has 0 saturated carbocycles. The highest BCUT2D eigenvalue weighted by Crippen LogP contribution is 2.43. The van der Waals surface area contributed by atoms with Crippen LogP contribution in [0.3, 0.4) is 0 Å². The minimum absolute atomic E-state index is 0.0498. The Balaban J connectivity index is 4.31. The number of rotatable bonds is 32. The molecule has 0 aliphatic heterocycles. The minimum Gasteiger partial charge on any atom is -0.457 e. The Labute approximate surface area is 256 Å². The zero-order valence-electron chi connectivity index (χ0n) is 26.7. The van der Waals surface area contributed by atoms with Gasteiger partial charge in [-0.15, -0.1) is 0 Å². The van der Waals surface area contributed by atoms with Crippen LogP contribution >= 0.6 is 7.82 Å². The minimum atomic E-state index is -4.50. The molecule has 10 heteroatoms. The van der Waals surface area contributed by atoms with Crippen molar-refractivity contribution in [3.63, 3.8) is 0 Å². The fourth-order valence-electron chi connectivity index (χ4n) is 4.33. The van der Waals surface area contributed by atoms with Crippen molar-refractivity contribution in [1.82, 2.24) is 0 Å². The zero-order chi connectivity index (χ0) is 31.2. The van der Waals surface area contributed by atoms with Crippen LogP contribution in [0, 0.1) is 0 Å². The van der Waals surface area contributed by atoms with Gasteiger partial charge < -0.3 is 24.6 Å². The van der Waals surface area contributed by atoms with Crippen molar-refractivity contribution >= 4 is 13.8 Å². The fourth-order valence-corrected chi connectivity index (χ4v) is 5.12. The third kappa shape index (κ3) is 29.3. The summed E-state index contributed by atoms with van der Waals surface area (Å²) in [5.74, 6) is -0.394. The van der Waals surface area contributed by atoms with Gasteiger partial charge in [-0.1, -0.05) is 116 Å². The topological polar surface area (TPSA) is 132 Å². The molecule has 0 spiro atoms. The monoisotopic (exact) mass is 622 g/mol. The second kappa shape index (κ2) is 30.2. The Morgan fingerprint density at radius 1 is 0.714 bits per heavy atom. The SMILES string of the molecule is CCCC/C=C\CCCCCCCC(=O)OC(COCCCCCCCCCCCC)COP(=O)(O)OCC(O)CO. The van der Waals surface area contributed by atoms with E-state index in [9.17, 15) is 19.4 Å². The number of esters is 1. The fraction of sp³-hybridized carbons (Fsp3) is 0.906. The predicted octanol–water partition coefficient (Wildman–Crippen LogP) is 7.80. The molecule has 0 bridgehead atoms. The number of phosphoric acid groups is 1. The number of phosphoric ester groups is 1. The first-order chi connectivity index (χ1) is 20.3. The molecule has 3 N–H and O–H groups in total. The standard InChI is InChI=1S/C32H63O9P/c1-3-5-7-9-11-13-15-16-18-20-22-24-32(35)41-31(29-40-42(36,37)39-27-30(34)26-33)28-38-25-23-21-19-17-14-12-10-8-6-4-2/h9,11,30-31,33-34H,3-8,10,12-29H2,1-2H3,(H,36,37)/b11-9-. The third-order valence-corrected chi connectivity index (χ3v) is 7.90. The van der Waals surface area contributed by atoms with Crippen LogP contribution in [0.25, 0.3) is 0 Å². The number of allylic oxidation sites excluding steroid dienone is 2. The maximum Gasteiger partial charge on any atom is 0.472 e. The summed E-state index contributed by atoms with van der Waals surface area (Å²) in [4.78, 5) is 22.3. The van der Waals surface area contributed by atoms with Gasteiger partial charge in [0, 0.05) is 13.0 Å². The van der Waals surface area contributed by atoms with Crippen LogP contribution < -0.4 is 0 Å². The van der Waals surface area contributed by atoms with Gasteiger partial charge in [-0.05, 0) is 32.1 Å². The van der Waals surface area contributed by atoms with E-state index in [0.717, 1.165) is 57.8 Å². The summed E-state index contributed by atoms with van der Waals surface area (Å²) >= 11 is 0. The Hall–Kier alpha value is -0.800. The van der Waals surface area contributed by atoms with E-state index in [1.54, 1.807) is 0 Å². The average molecular weight is 623 g/mol. The molecule has 250 valence electrons. The van der Waals surface area contributed by atoms with Gasteiger partial charge in [-0.2, -0.15) is 0 Å². The second-order valence-electron chi connectivity index (χ2n) is 11.2. The summed E-state index contributed by atoms with van der Waals surface area (Å²) in [5.41, 5.74) is 0. The normalized spacial score (nSPS) is 14.7. The van der Waals surface area contributed by atoms with Crippen molar-refractivity contribution in [1.29, 1.82) is 0 Å². The first kappa shape index (κ1) is 41.2. The number of hydrogen-bond donors (Lipinski definition) is 3. The van der Waals surface area contributed by atoms with E-state index in [2.05, 4.69) is 26.0 Å². The van der Waals surface area contributed by atoms with Crippen LogP contribution in [0.1, 0.15) is 142 Å². The van der Waals surface area contributed by atoms with Crippen molar-refractivity contribution in [2.24, 2.45) is 0 Å². The van der Waals surface area contributed by atoms with Gasteiger partial charge in [0.05, 0.1) is 26.4 Å². The smallest absolute Gasteiger partial charge is 0.457 e. The molecule has 0 rings (SSSR count). The first-order valence-corrected chi connectivity index (χ1v) is 18.2. The lowest BCUT2D eigenvalue weighted by Gasteiger charge is -2.20. The molecule has 0 aromatic carbocycles. The van der Waals surface area contributed by atoms with Gasteiger partial charge in [-0.3, -0.25) is 13.8 Å². The molecule has 3 atom stereocenters. The molecule has 0 aromatic heterocycles. The van der Waals surface area contributed by atoms with Gasteiger partial charge in [0.15, 0.2) is 0 Å². The Morgan fingerprint density at radius 2 is 1.24 bits per heavy atom. The number of hydrogen-bond acceptors (Lipinski definition) is 8. The second-order valence-corrected chi connectivity index (χ2v) is 12.6. The molecule has 9 nitrogen and oxygen atoms in total. The van der Waals surface area contributed by atoms with Crippen LogP contribution in [0.2, 0.25) is 0 Å². The summed E-state index contributed by atoms with van der Waals surface area (Å²) in [6.45, 7) is 3.44. The first-order valence-electron chi connectivity index (χ1n) is 16.7. The van der Waals surface area contributed by atoms with E-state index < -0.39 is 39.2 Å². The summed E-state index contributed by atoms with van der Waals surface area (Å²) in [7, 11) is -4.50. The van der Waals surface area contributed by atoms with Crippen LogP contribution in [0.15, 0.2) is 12.2 Å². The molecule has 0 aromatic rings.